The van der Waals surface area contributed by atoms with E-state index in [4.69, 9.17) is 0 Å². The molecule has 2 aliphatic rings. The average molecular weight is 307 g/mol. The first kappa shape index (κ1) is 17.0. The van der Waals surface area contributed by atoms with E-state index >= 15 is 0 Å². The van der Waals surface area contributed by atoms with Gasteiger partial charge in [-0.3, -0.25) is 9.59 Å². The van der Waals surface area contributed by atoms with E-state index in [1.54, 1.807) is 0 Å². The molecule has 1 aliphatic carbocycles. The molecular formula is C17H29N3O2. The number of hydrogen-bond acceptors (Lipinski definition) is 3. The van der Waals surface area contributed by atoms with Crippen LogP contribution in [0.5, 0.6) is 0 Å². The Morgan fingerprint density at radius 2 is 1.95 bits per heavy atom. The third kappa shape index (κ3) is 5.44. The van der Waals surface area contributed by atoms with E-state index in [0.29, 0.717) is 6.54 Å². The Balaban J connectivity index is 1.62. The van der Waals surface area contributed by atoms with Gasteiger partial charge in [0, 0.05) is 32.7 Å². The van der Waals surface area contributed by atoms with Gasteiger partial charge in [0.05, 0.1) is 0 Å². The fourth-order valence-corrected chi connectivity index (χ4v) is 3.12. The lowest BCUT2D eigenvalue weighted by Gasteiger charge is -2.34. The average Bonchev–Trinajstić information content (AvgIpc) is 2.56. The maximum absolute atomic E-state index is 12.1. The molecule has 0 atom stereocenters. The third-order valence-electron chi connectivity index (χ3n) is 4.64. The number of likely N-dealkylation sites (N-methyl/N-ethyl adjacent to an activating group) is 1. The highest BCUT2D eigenvalue weighted by atomic mass is 16.2. The minimum Gasteiger partial charge on any atom is -0.355 e. The van der Waals surface area contributed by atoms with Crippen LogP contribution < -0.4 is 5.32 Å². The minimum absolute atomic E-state index is 0.00876. The Kier molecular flexibility index (Phi) is 6.90. The lowest BCUT2D eigenvalue weighted by Crippen LogP contribution is -2.49. The number of hydrogen-bond donors (Lipinski definition) is 1. The lowest BCUT2D eigenvalue weighted by atomic mass is 9.97. The highest BCUT2D eigenvalue weighted by Crippen LogP contribution is 2.19. The normalized spacial score (nSPS) is 19.7. The zero-order chi connectivity index (χ0) is 15.8. The third-order valence-corrected chi connectivity index (χ3v) is 4.64. The van der Waals surface area contributed by atoms with Crippen LogP contribution in [0.4, 0.5) is 0 Å². The Morgan fingerprint density at radius 1 is 1.18 bits per heavy atom. The van der Waals surface area contributed by atoms with Gasteiger partial charge in [0.2, 0.25) is 11.8 Å². The fraction of sp³-hybridized carbons (Fsp3) is 0.765. The molecule has 0 saturated carbocycles. The van der Waals surface area contributed by atoms with Crippen molar-refractivity contribution in [2.45, 2.75) is 45.4 Å². The Labute approximate surface area is 133 Å². The molecule has 124 valence electrons. The molecule has 0 radical (unpaired) electrons. The van der Waals surface area contributed by atoms with Gasteiger partial charge in [-0.05, 0) is 38.6 Å². The zero-order valence-corrected chi connectivity index (χ0v) is 13.8. The van der Waals surface area contributed by atoms with Crippen LogP contribution in [0.2, 0.25) is 0 Å². The molecule has 0 aromatic carbocycles. The molecule has 5 nitrogen and oxygen atoms in total. The number of nitrogens with one attached hydrogen (secondary N) is 1. The molecule has 0 bridgehead atoms. The number of carbonyl (C=O) groups excluding carboxylic acids is 2. The predicted molar refractivity (Wildman–Crippen MR) is 87.5 cm³/mol. The van der Waals surface area contributed by atoms with E-state index in [1.807, 2.05) is 4.90 Å². The summed E-state index contributed by atoms with van der Waals surface area (Å²) in [6.07, 6.45) is 8.11. The quantitative estimate of drug-likeness (QED) is 0.598. The van der Waals surface area contributed by atoms with Gasteiger partial charge in [-0.1, -0.05) is 18.6 Å². The molecule has 0 aromatic rings. The van der Waals surface area contributed by atoms with Crippen molar-refractivity contribution in [1.29, 1.82) is 0 Å². The van der Waals surface area contributed by atoms with Crippen molar-refractivity contribution in [3.63, 3.8) is 0 Å². The topological polar surface area (TPSA) is 52.7 Å². The van der Waals surface area contributed by atoms with Crippen molar-refractivity contribution in [2.75, 3.05) is 39.3 Å². The van der Waals surface area contributed by atoms with Gasteiger partial charge >= 0.3 is 0 Å². The number of carbonyl (C=O) groups is 2. The second-order valence-corrected chi connectivity index (χ2v) is 6.20. The Bertz CT molecular complexity index is 412. The summed E-state index contributed by atoms with van der Waals surface area (Å²) in [6.45, 7) is 7.13. The number of rotatable bonds is 6. The Hall–Kier alpha value is -1.36. The lowest BCUT2D eigenvalue weighted by molar-refractivity contribution is -0.137. The summed E-state index contributed by atoms with van der Waals surface area (Å²) < 4.78 is 0. The summed E-state index contributed by atoms with van der Waals surface area (Å²) in [4.78, 5) is 28.1. The van der Waals surface area contributed by atoms with Crippen LogP contribution >= 0.6 is 0 Å². The summed E-state index contributed by atoms with van der Waals surface area (Å²) in [5.41, 5.74) is 1.45. The number of amides is 2. The summed E-state index contributed by atoms with van der Waals surface area (Å²) in [7, 11) is 0. The van der Waals surface area contributed by atoms with E-state index in [2.05, 4.69) is 23.2 Å². The summed E-state index contributed by atoms with van der Waals surface area (Å²) in [5, 5.41) is 2.88. The molecule has 1 aliphatic heterocycles. The van der Waals surface area contributed by atoms with E-state index in [9.17, 15) is 9.59 Å². The predicted octanol–water partition coefficient (Wildman–Crippen LogP) is 1.55. The van der Waals surface area contributed by atoms with Crippen LogP contribution in [0.3, 0.4) is 0 Å². The molecule has 1 fully saturated rings. The van der Waals surface area contributed by atoms with E-state index in [0.717, 1.165) is 45.6 Å². The number of piperazine rings is 1. The van der Waals surface area contributed by atoms with E-state index < -0.39 is 0 Å². The van der Waals surface area contributed by atoms with Gasteiger partial charge in [-0.2, -0.15) is 0 Å². The second kappa shape index (κ2) is 8.93. The van der Waals surface area contributed by atoms with Gasteiger partial charge in [-0.25, -0.2) is 0 Å². The first-order chi connectivity index (χ1) is 10.7. The molecule has 1 heterocycles. The largest absolute Gasteiger partial charge is 0.355 e. The van der Waals surface area contributed by atoms with Gasteiger partial charge in [0.25, 0.3) is 0 Å². The van der Waals surface area contributed by atoms with Crippen molar-refractivity contribution in [3.8, 4) is 0 Å². The molecule has 0 unspecified atom stereocenters. The number of nitrogens with zero attached hydrogens (tertiary/aromatic N) is 2. The van der Waals surface area contributed by atoms with Gasteiger partial charge in [-0.15, -0.1) is 0 Å². The summed E-state index contributed by atoms with van der Waals surface area (Å²) in [6, 6.07) is 0. The fourth-order valence-electron chi connectivity index (χ4n) is 3.12. The zero-order valence-electron chi connectivity index (χ0n) is 13.8. The molecule has 2 rings (SSSR count). The van der Waals surface area contributed by atoms with Gasteiger partial charge < -0.3 is 15.1 Å². The maximum atomic E-state index is 12.1. The van der Waals surface area contributed by atoms with Crippen molar-refractivity contribution >= 4 is 11.8 Å². The van der Waals surface area contributed by atoms with Crippen LogP contribution in [-0.4, -0.2) is 60.9 Å². The standard InChI is InChI=1S/C17H29N3O2/c1-2-19-10-12-20(13-11-19)17(22)14-16(21)18-9-8-15-6-4-3-5-7-15/h6H,2-5,7-14H2,1H3,(H,18,21). The number of allylic oxidation sites excluding steroid dienone is 1. The highest BCUT2D eigenvalue weighted by Gasteiger charge is 2.21. The molecular weight excluding hydrogens is 278 g/mol. The van der Waals surface area contributed by atoms with Crippen LogP contribution in [0.25, 0.3) is 0 Å². The molecule has 1 saturated heterocycles. The maximum Gasteiger partial charge on any atom is 0.232 e. The molecule has 5 heteroatoms. The smallest absolute Gasteiger partial charge is 0.232 e. The first-order valence-electron chi connectivity index (χ1n) is 8.63. The molecule has 1 N–H and O–H groups in total. The molecule has 0 spiro atoms. The van der Waals surface area contributed by atoms with Gasteiger partial charge in [0.1, 0.15) is 6.42 Å². The van der Waals surface area contributed by atoms with Crippen LogP contribution in [0, 0.1) is 0 Å². The van der Waals surface area contributed by atoms with Crippen molar-refractivity contribution in [1.82, 2.24) is 15.1 Å². The van der Waals surface area contributed by atoms with Gasteiger partial charge in [0.15, 0.2) is 0 Å². The van der Waals surface area contributed by atoms with Crippen LogP contribution in [0.15, 0.2) is 11.6 Å². The summed E-state index contributed by atoms with van der Waals surface area (Å²) in [5.74, 6) is -0.176. The van der Waals surface area contributed by atoms with E-state index in [1.165, 1.54) is 24.8 Å². The molecule has 2 amide bonds. The van der Waals surface area contributed by atoms with Crippen LogP contribution in [0.1, 0.15) is 45.4 Å². The first-order valence-corrected chi connectivity index (χ1v) is 8.63. The summed E-state index contributed by atoms with van der Waals surface area (Å²) >= 11 is 0. The molecule has 0 aromatic heterocycles. The van der Waals surface area contributed by atoms with Crippen molar-refractivity contribution in [2.24, 2.45) is 0 Å². The Morgan fingerprint density at radius 3 is 2.59 bits per heavy atom. The minimum atomic E-state index is -0.140. The SMILES string of the molecule is CCN1CCN(C(=O)CC(=O)NCCC2=CCCCC2)CC1. The van der Waals surface area contributed by atoms with Crippen molar-refractivity contribution in [3.05, 3.63) is 11.6 Å². The second-order valence-electron chi connectivity index (χ2n) is 6.20. The monoisotopic (exact) mass is 307 g/mol. The van der Waals surface area contributed by atoms with Crippen molar-refractivity contribution < 1.29 is 9.59 Å². The molecule has 22 heavy (non-hydrogen) atoms. The van der Waals surface area contributed by atoms with E-state index in [-0.39, 0.29) is 18.2 Å². The highest BCUT2D eigenvalue weighted by molar-refractivity contribution is 5.96. The van der Waals surface area contributed by atoms with Crippen LogP contribution in [-0.2, 0) is 9.59 Å².